The van der Waals surface area contributed by atoms with Gasteiger partial charge in [-0.2, -0.15) is 0 Å². The Morgan fingerprint density at radius 2 is 1.60 bits per heavy atom. The molecule has 0 aliphatic heterocycles. The molecule has 0 saturated heterocycles. The van der Waals surface area contributed by atoms with Gasteiger partial charge in [-0.05, 0) is 41.3 Å². The summed E-state index contributed by atoms with van der Waals surface area (Å²) < 4.78 is 27.5. The predicted molar refractivity (Wildman–Crippen MR) is 165 cm³/mol. The van der Waals surface area contributed by atoms with Crippen molar-refractivity contribution in [2.75, 3.05) is 23.7 Å². The fourth-order valence-corrected chi connectivity index (χ4v) is 5.84. The molecule has 7 nitrogen and oxygen atoms in total. The maximum atomic E-state index is 14.1. The SMILES string of the molecule is CC(C)CNC(=O)[C@@H](Cc1ccccc1)N(Cc1cccc(Br)c1)C(=O)CN(c1cccc(Cl)c1Cl)S(C)(=O)=O. The summed E-state index contributed by atoms with van der Waals surface area (Å²) in [5, 5.41) is 3.12. The summed E-state index contributed by atoms with van der Waals surface area (Å²) in [6, 6.07) is 20.4. The highest BCUT2D eigenvalue weighted by molar-refractivity contribution is 9.10. The van der Waals surface area contributed by atoms with E-state index in [-0.39, 0.29) is 40.5 Å². The number of nitrogens with zero attached hydrogens (tertiary/aromatic N) is 2. The van der Waals surface area contributed by atoms with Crippen molar-refractivity contribution < 1.29 is 18.0 Å². The Morgan fingerprint density at radius 3 is 2.23 bits per heavy atom. The van der Waals surface area contributed by atoms with Gasteiger partial charge in [0.25, 0.3) is 0 Å². The van der Waals surface area contributed by atoms with Crippen LogP contribution in [0.1, 0.15) is 25.0 Å². The Balaban J connectivity index is 2.07. The van der Waals surface area contributed by atoms with Crippen molar-refractivity contribution in [1.82, 2.24) is 10.2 Å². The molecule has 0 fully saturated rings. The quantitative estimate of drug-likeness (QED) is 0.259. The van der Waals surface area contributed by atoms with E-state index < -0.39 is 28.5 Å². The van der Waals surface area contributed by atoms with Gasteiger partial charge in [0.05, 0.1) is 22.0 Å². The monoisotopic (exact) mass is 667 g/mol. The number of rotatable bonds is 12. The lowest BCUT2D eigenvalue weighted by atomic mass is 10.0. The van der Waals surface area contributed by atoms with Gasteiger partial charge < -0.3 is 10.2 Å². The van der Waals surface area contributed by atoms with Gasteiger partial charge in [0.1, 0.15) is 12.6 Å². The molecule has 2 amide bonds. The van der Waals surface area contributed by atoms with Gasteiger partial charge in [-0.3, -0.25) is 13.9 Å². The van der Waals surface area contributed by atoms with Crippen LogP contribution < -0.4 is 9.62 Å². The lowest BCUT2D eigenvalue weighted by Gasteiger charge is -2.34. The third-order valence-corrected chi connectivity index (χ3v) is 8.51. The second-order valence-electron chi connectivity index (χ2n) is 9.84. The fourth-order valence-electron chi connectivity index (χ4n) is 4.09. The number of carbonyl (C=O) groups is 2. The molecule has 0 spiro atoms. The molecule has 1 atom stereocenters. The molecular formula is C29H32BrCl2N3O4S. The highest BCUT2D eigenvalue weighted by Crippen LogP contribution is 2.34. The summed E-state index contributed by atoms with van der Waals surface area (Å²) in [5.74, 6) is -0.698. The first-order valence-corrected chi connectivity index (χ1v) is 16.0. The molecule has 3 aromatic rings. The van der Waals surface area contributed by atoms with Crippen molar-refractivity contribution in [2.24, 2.45) is 5.92 Å². The van der Waals surface area contributed by atoms with Crippen LogP contribution in [0, 0.1) is 5.92 Å². The van der Waals surface area contributed by atoms with Crippen molar-refractivity contribution in [2.45, 2.75) is 32.9 Å². The van der Waals surface area contributed by atoms with E-state index in [1.54, 1.807) is 6.07 Å². The standard InChI is InChI=1S/C29H32BrCl2N3O4S/c1-20(2)17-33-29(37)26(16-21-9-5-4-6-10-21)34(18-22-11-7-12-23(30)15-22)27(36)19-35(40(3,38)39)25-14-8-13-24(31)28(25)32/h4-15,20,26H,16-19H2,1-3H3,(H,33,37)/t26-/m1/s1. The van der Waals surface area contributed by atoms with Crippen LogP contribution in [0.2, 0.25) is 10.0 Å². The maximum Gasteiger partial charge on any atom is 0.244 e. The number of hydrogen-bond donors (Lipinski definition) is 1. The molecule has 1 N–H and O–H groups in total. The third kappa shape index (κ3) is 8.96. The molecule has 0 radical (unpaired) electrons. The average molecular weight is 669 g/mol. The summed E-state index contributed by atoms with van der Waals surface area (Å²) in [5.41, 5.74) is 1.71. The number of hydrogen-bond acceptors (Lipinski definition) is 4. The van der Waals surface area contributed by atoms with Crippen molar-refractivity contribution in [3.05, 3.63) is 98.4 Å². The van der Waals surface area contributed by atoms with E-state index in [2.05, 4.69) is 21.2 Å². The van der Waals surface area contributed by atoms with Crippen LogP contribution in [-0.4, -0.2) is 50.5 Å². The molecule has 0 bridgehead atoms. The molecule has 11 heteroatoms. The number of carbonyl (C=O) groups excluding carboxylic acids is 2. The number of sulfonamides is 1. The van der Waals surface area contributed by atoms with Crippen LogP contribution in [0.3, 0.4) is 0 Å². The highest BCUT2D eigenvalue weighted by Gasteiger charge is 2.33. The van der Waals surface area contributed by atoms with E-state index in [1.165, 1.54) is 17.0 Å². The van der Waals surface area contributed by atoms with Crippen LogP contribution in [-0.2, 0) is 32.6 Å². The number of nitrogens with one attached hydrogen (secondary N) is 1. The summed E-state index contributed by atoms with van der Waals surface area (Å²) in [6.45, 7) is 3.89. The summed E-state index contributed by atoms with van der Waals surface area (Å²) in [4.78, 5) is 29.1. The van der Waals surface area contributed by atoms with Crippen molar-refractivity contribution in [3.63, 3.8) is 0 Å². The molecule has 0 aliphatic carbocycles. The number of halogens is 3. The van der Waals surface area contributed by atoms with Gasteiger partial charge in [-0.25, -0.2) is 8.42 Å². The molecule has 0 saturated carbocycles. The van der Waals surface area contributed by atoms with Crippen LogP contribution in [0.25, 0.3) is 0 Å². The minimum atomic E-state index is -3.96. The Bertz CT molecular complexity index is 1440. The van der Waals surface area contributed by atoms with E-state index >= 15 is 0 Å². The zero-order valence-corrected chi connectivity index (χ0v) is 26.4. The van der Waals surface area contributed by atoms with Crippen LogP contribution in [0.4, 0.5) is 5.69 Å². The maximum absolute atomic E-state index is 14.1. The van der Waals surface area contributed by atoms with Gasteiger partial charge in [0, 0.05) is 24.0 Å². The second-order valence-corrected chi connectivity index (χ2v) is 13.4. The highest BCUT2D eigenvalue weighted by atomic mass is 79.9. The van der Waals surface area contributed by atoms with Gasteiger partial charge >= 0.3 is 0 Å². The molecule has 3 aromatic carbocycles. The van der Waals surface area contributed by atoms with Gasteiger partial charge in [0.2, 0.25) is 21.8 Å². The summed E-state index contributed by atoms with van der Waals surface area (Å²) >= 11 is 16.0. The smallest absolute Gasteiger partial charge is 0.244 e. The molecular weight excluding hydrogens is 637 g/mol. The third-order valence-electron chi connectivity index (χ3n) is 6.08. The minimum absolute atomic E-state index is 0.0106. The summed E-state index contributed by atoms with van der Waals surface area (Å²) in [6.07, 6.45) is 1.23. The van der Waals surface area contributed by atoms with E-state index in [9.17, 15) is 18.0 Å². The Morgan fingerprint density at radius 1 is 0.950 bits per heavy atom. The topological polar surface area (TPSA) is 86.8 Å². The van der Waals surface area contributed by atoms with Crippen molar-refractivity contribution >= 4 is 66.7 Å². The molecule has 0 aliphatic rings. The first-order chi connectivity index (χ1) is 18.9. The number of amides is 2. The van der Waals surface area contributed by atoms with Gasteiger partial charge in [-0.15, -0.1) is 0 Å². The number of anilines is 1. The van der Waals surface area contributed by atoms with E-state index in [0.29, 0.717) is 6.54 Å². The Labute approximate surface area is 254 Å². The normalized spacial score (nSPS) is 12.2. The van der Waals surface area contributed by atoms with Crippen LogP contribution >= 0.6 is 39.1 Å². The first-order valence-electron chi connectivity index (χ1n) is 12.6. The average Bonchev–Trinajstić information content (AvgIpc) is 2.89. The predicted octanol–water partition coefficient (Wildman–Crippen LogP) is 5.93. The summed E-state index contributed by atoms with van der Waals surface area (Å²) in [7, 11) is -3.96. The largest absolute Gasteiger partial charge is 0.354 e. The molecule has 0 aromatic heterocycles. The van der Waals surface area contributed by atoms with Crippen molar-refractivity contribution in [1.29, 1.82) is 0 Å². The van der Waals surface area contributed by atoms with E-state index in [4.69, 9.17) is 23.2 Å². The van der Waals surface area contributed by atoms with E-state index in [1.807, 2.05) is 68.4 Å². The lowest BCUT2D eigenvalue weighted by molar-refractivity contribution is -0.140. The van der Waals surface area contributed by atoms with Crippen molar-refractivity contribution in [3.8, 4) is 0 Å². The molecule has 40 heavy (non-hydrogen) atoms. The Hall–Kier alpha value is -2.59. The lowest BCUT2D eigenvalue weighted by Crippen LogP contribution is -2.53. The van der Waals surface area contributed by atoms with Gasteiger partial charge in [-0.1, -0.05) is 102 Å². The molecule has 0 unspecified atom stereocenters. The zero-order chi connectivity index (χ0) is 29.4. The van der Waals surface area contributed by atoms with Gasteiger partial charge in [0.15, 0.2) is 0 Å². The van der Waals surface area contributed by atoms with Crippen LogP contribution in [0.15, 0.2) is 77.3 Å². The minimum Gasteiger partial charge on any atom is -0.354 e. The molecule has 3 rings (SSSR count). The zero-order valence-electron chi connectivity index (χ0n) is 22.5. The number of benzene rings is 3. The second kappa shape index (κ2) is 14.3. The van der Waals surface area contributed by atoms with Crippen LogP contribution in [0.5, 0.6) is 0 Å². The molecule has 0 heterocycles. The molecule has 214 valence electrons. The fraction of sp³-hybridized carbons (Fsp3) is 0.310. The Kier molecular flexibility index (Phi) is 11.5. The van der Waals surface area contributed by atoms with E-state index in [0.717, 1.165) is 26.2 Å². The first kappa shape index (κ1) is 31.9.